The Morgan fingerprint density at radius 3 is 2.53 bits per heavy atom. The SMILES string of the molecule is Cc1c(NC(=O)COC(=O)c2c3c(nc4ccccc24)CCCCC3)c(=O)n(-c2ccccc2)n1C. The van der Waals surface area contributed by atoms with Crippen LogP contribution in [0.1, 0.15) is 46.6 Å². The molecule has 0 aliphatic heterocycles. The molecule has 0 saturated carbocycles. The van der Waals surface area contributed by atoms with E-state index in [2.05, 4.69) is 5.32 Å². The summed E-state index contributed by atoms with van der Waals surface area (Å²) in [6.07, 6.45) is 4.68. The number of pyridine rings is 1. The number of benzene rings is 2. The number of anilines is 1. The summed E-state index contributed by atoms with van der Waals surface area (Å²) in [4.78, 5) is 43.9. The van der Waals surface area contributed by atoms with Crippen LogP contribution in [0.2, 0.25) is 0 Å². The molecule has 1 N–H and O–H groups in total. The van der Waals surface area contributed by atoms with Crippen LogP contribution in [-0.2, 0) is 29.4 Å². The first-order chi connectivity index (χ1) is 17.5. The number of hydrogen-bond donors (Lipinski definition) is 1. The van der Waals surface area contributed by atoms with E-state index in [0.717, 1.165) is 54.3 Å². The van der Waals surface area contributed by atoms with E-state index in [1.807, 2.05) is 54.6 Å². The van der Waals surface area contributed by atoms with Crippen molar-refractivity contribution in [1.82, 2.24) is 14.3 Å². The molecule has 1 aliphatic carbocycles. The summed E-state index contributed by atoms with van der Waals surface area (Å²) in [5, 5.41) is 3.37. The molecule has 36 heavy (non-hydrogen) atoms. The zero-order chi connectivity index (χ0) is 25.2. The lowest BCUT2D eigenvalue weighted by molar-refractivity contribution is -0.119. The summed E-state index contributed by atoms with van der Waals surface area (Å²) in [6, 6.07) is 16.7. The van der Waals surface area contributed by atoms with Crippen LogP contribution in [0, 0.1) is 6.92 Å². The number of rotatable bonds is 5. The molecule has 4 aromatic rings. The largest absolute Gasteiger partial charge is 0.452 e. The number of carbonyl (C=O) groups excluding carboxylic acids is 2. The van der Waals surface area contributed by atoms with E-state index in [-0.39, 0.29) is 11.2 Å². The van der Waals surface area contributed by atoms with Gasteiger partial charge in [0.05, 0.1) is 22.5 Å². The van der Waals surface area contributed by atoms with E-state index in [4.69, 9.17) is 9.72 Å². The Morgan fingerprint density at radius 2 is 1.72 bits per heavy atom. The summed E-state index contributed by atoms with van der Waals surface area (Å²) in [6.45, 7) is 1.25. The maximum atomic E-state index is 13.3. The van der Waals surface area contributed by atoms with Crippen molar-refractivity contribution in [3.05, 3.63) is 87.5 Å². The molecule has 8 nitrogen and oxygen atoms in total. The van der Waals surface area contributed by atoms with Crippen molar-refractivity contribution in [2.45, 2.75) is 39.0 Å². The van der Waals surface area contributed by atoms with Crippen LogP contribution in [0.4, 0.5) is 5.69 Å². The van der Waals surface area contributed by atoms with Crippen LogP contribution in [0.5, 0.6) is 0 Å². The minimum absolute atomic E-state index is 0.158. The summed E-state index contributed by atoms with van der Waals surface area (Å²) in [5.74, 6) is -1.12. The molecule has 0 bridgehead atoms. The monoisotopic (exact) mass is 484 g/mol. The van der Waals surface area contributed by atoms with Gasteiger partial charge in [-0.3, -0.25) is 19.3 Å². The van der Waals surface area contributed by atoms with Crippen molar-refractivity contribution < 1.29 is 14.3 Å². The zero-order valence-electron chi connectivity index (χ0n) is 20.4. The first kappa shape index (κ1) is 23.5. The first-order valence-corrected chi connectivity index (χ1v) is 12.2. The smallest absolute Gasteiger partial charge is 0.339 e. The zero-order valence-corrected chi connectivity index (χ0v) is 20.4. The summed E-state index contributed by atoms with van der Waals surface area (Å²) in [7, 11) is 1.75. The molecule has 1 aliphatic rings. The standard InChI is InChI=1S/C28H28N4O4/c1-18-26(27(34)32(31(18)2)19-11-5-3-6-12-19)30-24(33)17-36-28(35)25-20-13-7-4-8-15-22(20)29-23-16-10-9-14-21(23)25/h3,5-6,9-12,14,16H,4,7-8,13,15,17H2,1-2H3,(H,30,33). The highest BCUT2D eigenvalue weighted by molar-refractivity contribution is 6.06. The van der Waals surface area contributed by atoms with Gasteiger partial charge in [0.25, 0.3) is 11.5 Å². The van der Waals surface area contributed by atoms with Gasteiger partial charge in [-0.05, 0) is 56.4 Å². The van der Waals surface area contributed by atoms with Crippen LogP contribution in [0.25, 0.3) is 16.6 Å². The number of nitrogens with zero attached hydrogens (tertiary/aromatic N) is 3. The predicted octanol–water partition coefficient (Wildman–Crippen LogP) is 4.10. The third kappa shape index (κ3) is 4.30. The number of hydrogen-bond acceptors (Lipinski definition) is 5. The fraction of sp³-hybridized carbons (Fsp3) is 0.286. The Bertz CT molecular complexity index is 1520. The molecule has 2 heterocycles. The molecule has 0 spiro atoms. The number of amides is 1. The summed E-state index contributed by atoms with van der Waals surface area (Å²) >= 11 is 0. The molecule has 2 aromatic heterocycles. The first-order valence-electron chi connectivity index (χ1n) is 12.2. The minimum Gasteiger partial charge on any atom is -0.452 e. The molecule has 8 heteroatoms. The van der Waals surface area contributed by atoms with Gasteiger partial charge in [0, 0.05) is 18.1 Å². The Hall–Kier alpha value is -4.20. The molecule has 0 radical (unpaired) electrons. The number of esters is 1. The van der Waals surface area contributed by atoms with Crippen molar-refractivity contribution in [3.8, 4) is 5.69 Å². The van der Waals surface area contributed by atoms with E-state index in [1.165, 1.54) is 4.68 Å². The van der Waals surface area contributed by atoms with E-state index in [0.29, 0.717) is 16.9 Å². The molecule has 0 unspecified atom stereocenters. The van der Waals surface area contributed by atoms with Gasteiger partial charge in [0.1, 0.15) is 5.69 Å². The van der Waals surface area contributed by atoms with E-state index < -0.39 is 18.5 Å². The number of para-hydroxylation sites is 2. The fourth-order valence-corrected chi connectivity index (χ4v) is 4.87. The number of aryl methyl sites for hydroxylation is 1. The molecular weight excluding hydrogens is 456 g/mol. The maximum absolute atomic E-state index is 13.3. The van der Waals surface area contributed by atoms with Crippen LogP contribution in [0.15, 0.2) is 59.4 Å². The maximum Gasteiger partial charge on any atom is 0.339 e. The molecule has 0 atom stereocenters. The average Bonchev–Trinajstić information content (AvgIpc) is 3.04. The Balaban J connectivity index is 1.38. The highest BCUT2D eigenvalue weighted by atomic mass is 16.5. The molecule has 0 fully saturated rings. The third-order valence-corrected chi connectivity index (χ3v) is 6.78. The van der Waals surface area contributed by atoms with Gasteiger partial charge in [-0.25, -0.2) is 9.48 Å². The molecule has 2 aromatic carbocycles. The van der Waals surface area contributed by atoms with Crippen LogP contribution in [-0.4, -0.2) is 32.8 Å². The van der Waals surface area contributed by atoms with Gasteiger partial charge in [0.2, 0.25) is 0 Å². The minimum atomic E-state index is -0.571. The van der Waals surface area contributed by atoms with Gasteiger partial charge >= 0.3 is 5.97 Å². The van der Waals surface area contributed by atoms with Crippen molar-refractivity contribution >= 4 is 28.5 Å². The molecule has 5 rings (SSSR count). The van der Waals surface area contributed by atoms with Crippen molar-refractivity contribution in [3.63, 3.8) is 0 Å². The lowest BCUT2D eigenvalue weighted by Gasteiger charge is -2.15. The number of aromatic nitrogens is 3. The van der Waals surface area contributed by atoms with Gasteiger partial charge in [-0.15, -0.1) is 0 Å². The van der Waals surface area contributed by atoms with E-state index in [9.17, 15) is 14.4 Å². The lowest BCUT2D eigenvalue weighted by atomic mass is 9.97. The topological polar surface area (TPSA) is 95.2 Å². The van der Waals surface area contributed by atoms with Gasteiger partial charge < -0.3 is 10.1 Å². The number of ether oxygens (including phenoxy) is 1. The number of carbonyl (C=O) groups is 2. The Morgan fingerprint density at radius 1 is 1.00 bits per heavy atom. The van der Waals surface area contributed by atoms with Gasteiger partial charge in [0.15, 0.2) is 6.61 Å². The van der Waals surface area contributed by atoms with Crippen molar-refractivity contribution in [2.24, 2.45) is 7.05 Å². The van der Waals surface area contributed by atoms with Crippen molar-refractivity contribution in [1.29, 1.82) is 0 Å². The van der Waals surface area contributed by atoms with Crippen LogP contribution >= 0.6 is 0 Å². The summed E-state index contributed by atoms with van der Waals surface area (Å²) < 4.78 is 8.64. The number of fused-ring (bicyclic) bond motifs is 2. The second-order valence-electron chi connectivity index (χ2n) is 9.05. The van der Waals surface area contributed by atoms with E-state index in [1.54, 1.807) is 18.7 Å². The number of nitrogens with one attached hydrogen (secondary N) is 1. The second kappa shape index (κ2) is 9.81. The second-order valence-corrected chi connectivity index (χ2v) is 9.05. The molecule has 0 saturated heterocycles. The highest BCUT2D eigenvalue weighted by Crippen LogP contribution is 2.29. The molecular formula is C28H28N4O4. The van der Waals surface area contributed by atoms with Gasteiger partial charge in [-0.1, -0.05) is 42.8 Å². The Labute approximate surface area is 208 Å². The normalized spacial score (nSPS) is 13.2. The van der Waals surface area contributed by atoms with Gasteiger partial charge in [-0.2, -0.15) is 0 Å². The fourth-order valence-electron chi connectivity index (χ4n) is 4.87. The summed E-state index contributed by atoms with van der Waals surface area (Å²) in [5.41, 5.74) is 4.17. The average molecular weight is 485 g/mol. The van der Waals surface area contributed by atoms with Crippen LogP contribution < -0.4 is 10.9 Å². The molecule has 184 valence electrons. The van der Waals surface area contributed by atoms with E-state index >= 15 is 0 Å². The molecule has 1 amide bonds. The van der Waals surface area contributed by atoms with Crippen LogP contribution in [0.3, 0.4) is 0 Å². The quantitative estimate of drug-likeness (QED) is 0.340. The Kier molecular flexibility index (Phi) is 6.41. The highest BCUT2D eigenvalue weighted by Gasteiger charge is 2.24. The van der Waals surface area contributed by atoms with Crippen molar-refractivity contribution in [2.75, 3.05) is 11.9 Å². The third-order valence-electron chi connectivity index (χ3n) is 6.78. The predicted molar refractivity (Wildman–Crippen MR) is 138 cm³/mol. The lowest BCUT2D eigenvalue weighted by Crippen LogP contribution is -2.26.